The highest BCUT2D eigenvalue weighted by Crippen LogP contribution is 2.24. The Kier molecular flexibility index (Phi) is 5.08. The van der Waals surface area contributed by atoms with Crippen molar-refractivity contribution in [2.24, 2.45) is 0 Å². The summed E-state index contributed by atoms with van der Waals surface area (Å²) >= 11 is 8.01. The predicted octanol–water partition coefficient (Wildman–Crippen LogP) is 2.23. The lowest BCUT2D eigenvalue weighted by Gasteiger charge is -2.12. The fourth-order valence-corrected chi connectivity index (χ4v) is 2.30. The molecule has 1 amide bonds. The van der Waals surface area contributed by atoms with Crippen LogP contribution in [0.1, 0.15) is 6.42 Å². The Morgan fingerprint density at radius 3 is 3.17 bits per heavy atom. The minimum atomic E-state index is -0.138. The maximum absolute atomic E-state index is 11.6. The van der Waals surface area contributed by atoms with Gasteiger partial charge in [-0.2, -0.15) is 0 Å². The molecule has 0 saturated carbocycles. The van der Waals surface area contributed by atoms with E-state index in [0.29, 0.717) is 24.0 Å². The van der Waals surface area contributed by atoms with E-state index < -0.39 is 0 Å². The van der Waals surface area contributed by atoms with Crippen LogP contribution in [-0.2, 0) is 9.53 Å². The van der Waals surface area contributed by atoms with Gasteiger partial charge in [0.15, 0.2) is 6.61 Å². The monoisotopic (exact) mass is 381 g/mol. The van der Waals surface area contributed by atoms with Gasteiger partial charge < -0.3 is 14.8 Å². The van der Waals surface area contributed by atoms with Gasteiger partial charge in [-0.25, -0.2) is 0 Å². The molecule has 98 valence electrons. The highest BCUT2D eigenvalue weighted by Gasteiger charge is 2.18. The van der Waals surface area contributed by atoms with Gasteiger partial charge in [0.2, 0.25) is 0 Å². The zero-order valence-electron chi connectivity index (χ0n) is 9.62. The Hall–Kier alpha value is -0.530. The summed E-state index contributed by atoms with van der Waals surface area (Å²) in [5, 5.41) is 3.45. The molecule has 1 aromatic carbocycles. The number of rotatable bonds is 4. The van der Waals surface area contributed by atoms with Crippen molar-refractivity contribution in [1.29, 1.82) is 0 Å². The molecular weight excluding hydrogens is 368 g/mol. The summed E-state index contributed by atoms with van der Waals surface area (Å²) in [5.41, 5.74) is 0. The molecule has 18 heavy (non-hydrogen) atoms. The number of hydrogen-bond donors (Lipinski definition) is 1. The van der Waals surface area contributed by atoms with Gasteiger partial charge in [0, 0.05) is 11.6 Å². The lowest BCUT2D eigenvalue weighted by molar-refractivity contribution is -0.123. The molecule has 6 heteroatoms. The van der Waals surface area contributed by atoms with Crippen molar-refractivity contribution < 1.29 is 14.3 Å². The van der Waals surface area contributed by atoms with Crippen molar-refractivity contribution in [3.8, 4) is 5.75 Å². The lowest BCUT2D eigenvalue weighted by Crippen LogP contribution is -2.38. The fraction of sp³-hybridized carbons (Fsp3) is 0.417. The molecule has 1 aromatic rings. The second-order valence-electron chi connectivity index (χ2n) is 3.99. The molecule has 0 aliphatic carbocycles. The maximum atomic E-state index is 11.6. The fourth-order valence-electron chi connectivity index (χ4n) is 1.65. The van der Waals surface area contributed by atoms with Gasteiger partial charge in [0.1, 0.15) is 5.75 Å². The van der Waals surface area contributed by atoms with Gasteiger partial charge in [0.05, 0.1) is 16.2 Å². The molecular formula is C12H13ClINO3. The third kappa shape index (κ3) is 4.00. The SMILES string of the molecule is O=C(COc1cc(Cl)ccc1I)NC1CCOC1. The van der Waals surface area contributed by atoms with Crippen molar-refractivity contribution in [2.45, 2.75) is 12.5 Å². The molecule has 0 radical (unpaired) electrons. The summed E-state index contributed by atoms with van der Waals surface area (Å²) in [5.74, 6) is 0.488. The van der Waals surface area contributed by atoms with E-state index >= 15 is 0 Å². The molecule has 0 aromatic heterocycles. The van der Waals surface area contributed by atoms with Crippen molar-refractivity contribution in [3.05, 3.63) is 26.8 Å². The predicted molar refractivity (Wildman–Crippen MR) is 77.0 cm³/mol. The van der Waals surface area contributed by atoms with Crippen molar-refractivity contribution in [3.63, 3.8) is 0 Å². The van der Waals surface area contributed by atoms with E-state index in [1.807, 2.05) is 6.07 Å². The van der Waals surface area contributed by atoms with Crippen molar-refractivity contribution in [1.82, 2.24) is 5.32 Å². The number of amides is 1. The molecule has 1 aliphatic heterocycles. The minimum absolute atomic E-state index is 0.00710. The minimum Gasteiger partial charge on any atom is -0.483 e. The molecule has 4 nitrogen and oxygen atoms in total. The van der Waals surface area contributed by atoms with Crippen LogP contribution in [0.5, 0.6) is 5.75 Å². The number of ether oxygens (including phenoxy) is 2. The van der Waals surface area contributed by atoms with Gasteiger partial charge >= 0.3 is 0 Å². The number of hydrogen-bond acceptors (Lipinski definition) is 3. The highest BCUT2D eigenvalue weighted by atomic mass is 127. The maximum Gasteiger partial charge on any atom is 0.258 e. The normalized spacial score (nSPS) is 18.7. The third-order valence-electron chi connectivity index (χ3n) is 2.55. The first-order valence-electron chi connectivity index (χ1n) is 5.60. The van der Waals surface area contributed by atoms with Crippen LogP contribution in [0.15, 0.2) is 18.2 Å². The molecule has 1 fully saturated rings. The van der Waals surface area contributed by atoms with Crippen molar-refractivity contribution in [2.75, 3.05) is 19.8 Å². The molecule has 1 unspecified atom stereocenters. The molecule has 1 atom stereocenters. The van der Waals surface area contributed by atoms with Crippen LogP contribution in [0.4, 0.5) is 0 Å². The number of nitrogens with one attached hydrogen (secondary N) is 1. The first kappa shape index (κ1) is 13.9. The zero-order chi connectivity index (χ0) is 13.0. The molecule has 1 aliphatic rings. The Bertz CT molecular complexity index is 435. The summed E-state index contributed by atoms with van der Waals surface area (Å²) in [6, 6.07) is 5.45. The Balaban J connectivity index is 1.83. The summed E-state index contributed by atoms with van der Waals surface area (Å²) in [4.78, 5) is 11.6. The van der Waals surface area contributed by atoms with E-state index in [0.717, 1.165) is 9.99 Å². The van der Waals surface area contributed by atoms with Crippen LogP contribution < -0.4 is 10.1 Å². The van der Waals surface area contributed by atoms with Crippen LogP contribution in [0.25, 0.3) is 0 Å². The Labute approximate surface area is 124 Å². The quantitative estimate of drug-likeness (QED) is 0.814. The zero-order valence-corrected chi connectivity index (χ0v) is 12.5. The van der Waals surface area contributed by atoms with Gasteiger partial charge in [-0.15, -0.1) is 0 Å². The van der Waals surface area contributed by atoms with E-state index in [1.54, 1.807) is 12.1 Å². The number of carbonyl (C=O) groups excluding carboxylic acids is 1. The average Bonchev–Trinajstić information content (AvgIpc) is 2.83. The third-order valence-corrected chi connectivity index (χ3v) is 3.67. The van der Waals surface area contributed by atoms with E-state index in [-0.39, 0.29) is 18.6 Å². The average molecular weight is 382 g/mol. The van der Waals surface area contributed by atoms with Crippen molar-refractivity contribution >= 4 is 40.1 Å². The molecule has 1 saturated heterocycles. The first-order chi connectivity index (χ1) is 8.65. The molecule has 1 N–H and O–H groups in total. The Morgan fingerprint density at radius 1 is 1.61 bits per heavy atom. The molecule has 0 spiro atoms. The van der Waals surface area contributed by atoms with E-state index in [1.165, 1.54) is 0 Å². The number of benzene rings is 1. The summed E-state index contributed by atoms with van der Waals surface area (Å²) in [6.45, 7) is 1.28. The standard InChI is InChI=1S/C12H13ClINO3/c13-8-1-2-10(14)11(5-8)18-7-12(16)15-9-3-4-17-6-9/h1-2,5,9H,3-4,6-7H2,(H,15,16). The highest BCUT2D eigenvalue weighted by molar-refractivity contribution is 14.1. The number of halogens is 2. The van der Waals surface area contributed by atoms with E-state index in [4.69, 9.17) is 21.1 Å². The van der Waals surface area contributed by atoms with Gasteiger partial charge in [-0.1, -0.05) is 11.6 Å². The van der Waals surface area contributed by atoms with Crippen LogP contribution in [0.3, 0.4) is 0 Å². The van der Waals surface area contributed by atoms with Crippen LogP contribution in [0, 0.1) is 3.57 Å². The van der Waals surface area contributed by atoms with Crippen LogP contribution in [-0.4, -0.2) is 31.8 Å². The van der Waals surface area contributed by atoms with E-state index in [2.05, 4.69) is 27.9 Å². The van der Waals surface area contributed by atoms with Gasteiger partial charge in [-0.3, -0.25) is 4.79 Å². The summed E-state index contributed by atoms with van der Waals surface area (Å²) < 4.78 is 11.6. The molecule has 2 rings (SSSR count). The summed E-state index contributed by atoms with van der Waals surface area (Å²) in [7, 11) is 0. The second kappa shape index (κ2) is 6.58. The smallest absolute Gasteiger partial charge is 0.258 e. The van der Waals surface area contributed by atoms with E-state index in [9.17, 15) is 4.79 Å². The molecule has 0 bridgehead atoms. The largest absolute Gasteiger partial charge is 0.483 e. The Morgan fingerprint density at radius 2 is 2.44 bits per heavy atom. The lowest BCUT2D eigenvalue weighted by atomic mass is 10.2. The number of carbonyl (C=O) groups is 1. The first-order valence-corrected chi connectivity index (χ1v) is 7.06. The second-order valence-corrected chi connectivity index (χ2v) is 5.59. The van der Waals surface area contributed by atoms with Crippen LogP contribution >= 0.6 is 34.2 Å². The summed E-state index contributed by atoms with van der Waals surface area (Å²) in [6.07, 6.45) is 0.862. The van der Waals surface area contributed by atoms with Gasteiger partial charge in [-0.05, 0) is 47.2 Å². The molecule has 1 heterocycles. The van der Waals surface area contributed by atoms with Gasteiger partial charge in [0.25, 0.3) is 5.91 Å². The topological polar surface area (TPSA) is 47.6 Å². The van der Waals surface area contributed by atoms with Crippen LogP contribution in [0.2, 0.25) is 5.02 Å².